The Morgan fingerprint density at radius 3 is 2.07 bits per heavy atom. The molecule has 9 aromatic carbocycles. The summed E-state index contributed by atoms with van der Waals surface area (Å²) in [6, 6.07) is 67.9. The number of aromatic nitrogens is 2. The summed E-state index contributed by atoms with van der Waals surface area (Å²) < 4.78 is 5.08. The molecule has 0 N–H and O–H groups in total. The molecule has 1 unspecified atom stereocenters. The van der Waals surface area contributed by atoms with Gasteiger partial charge in [-0.05, 0) is 123 Å². The second kappa shape index (κ2) is 12.3. The molecule has 0 spiro atoms. The van der Waals surface area contributed by atoms with Crippen molar-refractivity contribution in [1.29, 1.82) is 0 Å². The monoisotopic (exact) mass is 777 g/mol. The first-order valence-electron chi connectivity index (χ1n) is 21.7. The molecule has 3 heteroatoms. The number of fused-ring (bicyclic) bond motifs is 14. The van der Waals surface area contributed by atoms with Crippen LogP contribution in [0.5, 0.6) is 0 Å². The first-order valence-corrected chi connectivity index (χ1v) is 21.7. The Balaban J connectivity index is 1.15. The van der Waals surface area contributed by atoms with Crippen LogP contribution < -0.4 is 0 Å². The number of allylic oxidation sites excluding steroid dienone is 2. The third-order valence-electron chi connectivity index (χ3n) is 14.3. The zero-order chi connectivity index (χ0) is 39.9. The van der Waals surface area contributed by atoms with E-state index in [2.05, 4.69) is 198 Å². The second-order valence-corrected chi connectivity index (χ2v) is 17.5. The summed E-state index contributed by atoms with van der Waals surface area (Å²) in [6.45, 7) is 2.45. The fourth-order valence-corrected chi connectivity index (χ4v) is 11.7. The average molecular weight is 778 g/mol. The standard InChI is InChI=1S/C58H39N3/c1-34-26-28-45-54(34)43-21-9-11-24-50(43)59-56(37-27-29-52-46(31-37)41-20-10-12-25-51(41)60(52)38-16-3-2-4-17-38)58(45)61-53-32-36-15-6-5-14-35(36)30-47(53)49-33-48-40-19-8-7-18-39(40)42-22-13-23-44(55(42)48)57(49)61/h2-25,27,29-34,54H,26,28H2,1H3/t34-,54?/m1/s1. The van der Waals surface area contributed by atoms with E-state index < -0.39 is 0 Å². The molecular weight excluding hydrogens is 739 g/mol. The van der Waals surface area contributed by atoms with Crippen molar-refractivity contribution in [2.45, 2.75) is 25.7 Å². The SMILES string of the molecule is C[C@@H]1CCC2=C(n3c4cc5ccccc5cc4c4cc5c6c(cccc6c43)-c3ccccc3-5)C(c3ccc4c(c3)c3ccccc3n4-c3ccccc3)=Nc3ccccc3C21. The molecular formula is C58H39N3. The minimum Gasteiger partial charge on any atom is -0.309 e. The van der Waals surface area contributed by atoms with Crippen molar-refractivity contribution in [3.8, 4) is 27.9 Å². The maximum atomic E-state index is 5.88. The number of nitrogens with zero attached hydrogens (tertiary/aromatic N) is 3. The van der Waals surface area contributed by atoms with Gasteiger partial charge >= 0.3 is 0 Å². The normalized spacial score (nSPS) is 16.8. The highest BCUT2D eigenvalue weighted by Gasteiger charge is 2.39. The lowest BCUT2D eigenvalue weighted by molar-refractivity contribution is 0.557. The number of rotatable bonds is 3. The Morgan fingerprint density at radius 1 is 0.492 bits per heavy atom. The average Bonchev–Trinajstić information content (AvgIpc) is 4.02. The van der Waals surface area contributed by atoms with Crippen LogP contribution in [-0.2, 0) is 0 Å². The van der Waals surface area contributed by atoms with Gasteiger partial charge in [0.1, 0.15) is 0 Å². The van der Waals surface area contributed by atoms with E-state index in [9.17, 15) is 0 Å². The maximum Gasteiger partial charge on any atom is 0.0949 e. The lowest BCUT2D eigenvalue weighted by Gasteiger charge is -2.22. The van der Waals surface area contributed by atoms with Crippen molar-refractivity contribution in [3.63, 3.8) is 0 Å². The first kappa shape index (κ1) is 33.4. The van der Waals surface area contributed by atoms with E-state index in [1.807, 2.05) is 0 Å². The number of hydrogen-bond donors (Lipinski definition) is 0. The molecule has 14 rings (SSSR count). The van der Waals surface area contributed by atoms with Gasteiger partial charge in [-0.25, -0.2) is 4.99 Å². The Bertz CT molecular complexity index is 3780. The maximum absolute atomic E-state index is 5.88. The van der Waals surface area contributed by atoms with Gasteiger partial charge in [-0.2, -0.15) is 0 Å². The Morgan fingerprint density at radius 2 is 1.18 bits per heavy atom. The zero-order valence-electron chi connectivity index (χ0n) is 33.7. The molecule has 1 aliphatic heterocycles. The highest BCUT2D eigenvalue weighted by atomic mass is 15.0. The molecule has 2 aliphatic carbocycles. The lowest BCUT2D eigenvalue weighted by atomic mass is 9.85. The molecule has 11 aromatic rings. The van der Waals surface area contributed by atoms with E-state index in [4.69, 9.17) is 4.99 Å². The van der Waals surface area contributed by atoms with Gasteiger partial charge < -0.3 is 9.13 Å². The largest absolute Gasteiger partial charge is 0.309 e. The van der Waals surface area contributed by atoms with Crippen LogP contribution in [0.15, 0.2) is 193 Å². The number of hydrogen-bond acceptors (Lipinski definition) is 1. The molecule has 286 valence electrons. The van der Waals surface area contributed by atoms with Crippen LogP contribution in [-0.4, -0.2) is 14.8 Å². The predicted molar refractivity (Wildman–Crippen MR) is 257 cm³/mol. The van der Waals surface area contributed by atoms with Crippen LogP contribution in [0, 0.1) is 5.92 Å². The summed E-state index contributed by atoms with van der Waals surface area (Å²) in [5.74, 6) is 0.734. The Labute approximate surface area is 353 Å². The third-order valence-corrected chi connectivity index (χ3v) is 14.3. The number of aliphatic imine (C=N–C) groups is 1. The highest BCUT2D eigenvalue weighted by Crippen LogP contribution is 2.55. The molecule has 1 fully saturated rings. The van der Waals surface area contributed by atoms with Gasteiger partial charge in [0.25, 0.3) is 0 Å². The zero-order valence-corrected chi connectivity index (χ0v) is 33.7. The van der Waals surface area contributed by atoms with Crippen LogP contribution in [0.4, 0.5) is 5.69 Å². The number of para-hydroxylation sites is 3. The topological polar surface area (TPSA) is 22.2 Å². The smallest absolute Gasteiger partial charge is 0.0949 e. The molecule has 61 heavy (non-hydrogen) atoms. The van der Waals surface area contributed by atoms with E-state index in [-0.39, 0.29) is 5.92 Å². The van der Waals surface area contributed by atoms with E-state index in [0.29, 0.717) is 5.92 Å². The van der Waals surface area contributed by atoms with Gasteiger partial charge in [-0.15, -0.1) is 0 Å². The first-order chi connectivity index (χ1) is 30.2. The summed E-state index contributed by atoms with van der Waals surface area (Å²) in [4.78, 5) is 5.88. The number of benzene rings is 9. The van der Waals surface area contributed by atoms with Crippen LogP contribution in [0.1, 0.15) is 36.8 Å². The Hall–Kier alpha value is -7.49. The molecule has 0 saturated heterocycles. The summed E-state index contributed by atoms with van der Waals surface area (Å²) in [5, 5.41) is 10.2. The van der Waals surface area contributed by atoms with Crippen molar-refractivity contribution >= 4 is 82.3 Å². The van der Waals surface area contributed by atoms with Crippen molar-refractivity contribution in [3.05, 3.63) is 199 Å². The molecule has 2 atom stereocenters. The summed E-state index contributed by atoms with van der Waals surface area (Å²) in [5.41, 5.74) is 18.6. The van der Waals surface area contributed by atoms with Crippen LogP contribution in [0.25, 0.3) is 98.8 Å². The molecule has 3 aliphatic rings. The van der Waals surface area contributed by atoms with Gasteiger partial charge in [-0.3, -0.25) is 0 Å². The van der Waals surface area contributed by atoms with Crippen molar-refractivity contribution in [1.82, 2.24) is 9.13 Å². The third kappa shape index (κ3) is 4.50. The van der Waals surface area contributed by atoms with Crippen LogP contribution in [0.2, 0.25) is 0 Å². The van der Waals surface area contributed by atoms with Gasteiger partial charge in [0, 0.05) is 44.1 Å². The van der Waals surface area contributed by atoms with Gasteiger partial charge in [0.15, 0.2) is 0 Å². The summed E-state index contributed by atoms with van der Waals surface area (Å²) >= 11 is 0. The van der Waals surface area contributed by atoms with E-state index in [1.165, 1.54) is 104 Å². The molecule has 1 saturated carbocycles. The second-order valence-electron chi connectivity index (χ2n) is 17.5. The van der Waals surface area contributed by atoms with Crippen LogP contribution >= 0.6 is 0 Å². The van der Waals surface area contributed by atoms with Gasteiger partial charge in [0.2, 0.25) is 0 Å². The minimum absolute atomic E-state index is 0.255. The van der Waals surface area contributed by atoms with Crippen molar-refractivity contribution in [2.75, 3.05) is 0 Å². The predicted octanol–water partition coefficient (Wildman–Crippen LogP) is 15.4. The molecule has 3 nitrogen and oxygen atoms in total. The van der Waals surface area contributed by atoms with Crippen molar-refractivity contribution < 1.29 is 0 Å². The van der Waals surface area contributed by atoms with Crippen molar-refractivity contribution in [2.24, 2.45) is 10.9 Å². The van der Waals surface area contributed by atoms with E-state index in [0.717, 1.165) is 35.5 Å². The molecule has 0 radical (unpaired) electrons. The molecule has 2 aromatic heterocycles. The fraction of sp³-hybridized carbons (Fsp3) is 0.0862. The quantitative estimate of drug-likeness (QED) is 0.170. The van der Waals surface area contributed by atoms with E-state index >= 15 is 0 Å². The summed E-state index contributed by atoms with van der Waals surface area (Å²) in [7, 11) is 0. The molecule has 0 bridgehead atoms. The summed E-state index contributed by atoms with van der Waals surface area (Å²) in [6.07, 6.45) is 2.16. The Kier molecular flexibility index (Phi) is 6.72. The molecule has 0 amide bonds. The minimum atomic E-state index is 0.255. The molecule has 3 heterocycles. The van der Waals surface area contributed by atoms with Crippen LogP contribution in [0.3, 0.4) is 0 Å². The van der Waals surface area contributed by atoms with E-state index in [1.54, 1.807) is 0 Å². The highest BCUT2D eigenvalue weighted by molar-refractivity contribution is 6.36. The fourth-order valence-electron chi connectivity index (χ4n) is 11.7. The van der Waals surface area contributed by atoms with Gasteiger partial charge in [0.05, 0.1) is 39.2 Å². The lowest BCUT2D eigenvalue weighted by Crippen LogP contribution is -2.14. The van der Waals surface area contributed by atoms with Gasteiger partial charge in [-0.1, -0.05) is 134 Å².